The zero-order valence-corrected chi connectivity index (χ0v) is 27.9. The van der Waals surface area contributed by atoms with Gasteiger partial charge in [-0.05, 0) is 56.5 Å². The number of nitrogens with two attached hydrogens (primary N) is 1. The Morgan fingerprint density at radius 2 is 1.77 bits per heavy atom. The highest BCUT2D eigenvalue weighted by Gasteiger charge is 2.30. The van der Waals surface area contributed by atoms with Crippen molar-refractivity contribution in [2.45, 2.75) is 51.7 Å². The van der Waals surface area contributed by atoms with Crippen LogP contribution in [0.15, 0.2) is 36.4 Å². The van der Waals surface area contributed by atoms with Gasteiger partial charge < -0.3 is 20.3 Å². The van der Waals surface area contributed by atoms with Crippen LogP contribution in [0.4, 0.5) is 0 Å². The number of nitrogens with zero attached hydrogens (tertiary/aromatic N) is 5. The van der Waals surface area contributed by atoms with Gasteiger partial charge in [-0.25, -0.2) is 0 Å². The van der Waals surface area contributed by atoms with Crippen LogP contribution in [0.25, 0.3) is 11.3 Å². The monoisotopic (exact) mass is 676 g/mol. The van der Waals surface area contributed by atoms with E-state index < -0.39 is 11.8 Å². The number of rotatable bonds is 6. The van der Waals surface area contributed by atoms with Crippen LogP contribution in [0, 0.1) is 11.8 Å². The summed E-state index contributed by atoms with van der Waals surface area (Å²) in [6.45, 7) is 8.30. The molecule has 246 valence electrons. The first-order valence-electron chi connectivity index (χ1n) is 16.1. The fraction of sp³-hybridized carbons (Fsp3) is 0.429. The Bertz CT molecular complexity index is 1760. The Kier molecular flexibility index (Phi) is 10.2. The number of primary amides is 1. The number of hydrogen-bond donors (Lipinski definition) is 1. The van der Waals surface area contributed by atoms with Gasteiger partial charge in [0.15, 0.2) is 0 Å². The lowest BCUT2D eigenvalue weighted by molar-refractivity contribution is -0.144. The Morgan fingerprint density at radius 1 is 0.979 bits per heavy atom. The minimum atomic E-state index is -0.974. The van der Waals surface area contributed by atoms with Gasteiger partial charge in [-0.2, -0.15) is 5.10 Å². The van der Waals surface area contributed by atoms with Gasteiger partial charge >= 0.3 is 11.8 Å². The predicted octanol–water partition coefficient (Wildman–Crippen LogP) is 3.97. The quantitative estimate of drug-likeness (QED) is 0.312. The summed E-state index contributed by atoms with van der Waals surface area (Å²) < 4.78 is 7.62. The average molecular weight is 678 g/mol. The molecule has 4 heterocycles. The topological polar surface area (TPSA) is 114 Å². The lowest BCUT2D eigenvalue weighted by atomic mass is 9.99. The zero-order valence-electron chi connectivity index (χ0n) is 26.4. The molecule has 3 amide bonds. The molecule has 0 radical (unpaired) electrons. The fourth-order valence-electron chi connectivity index (χ4n) is 6.52. The fourth-order valence-corrected chi connectivity index (χ4v) is 6.88. The van der Waals surface area contributed by atoms with Crippen molar-refractivity contribution in [3.05, 3.63) is 74.4 Å². The van der Waals surface area contributed by atoms with Crippen LogP contribution in [0.1, 0.15) is 58.9 Å². The minimum absolute atomic E-state index is 0.0835. The third-order valence-electron chi connectivity index (χ3n) is 9.12. The van der Waals surface area contributed by atoms with E-state index in [0.29, 0.717) is 58.0 Å². The van der Waals surface area contributed by atoms with Crippen LogP contribution in [0.2, 0.25) is 10.0 Å². The number of aromatic nitrogens is 2. The molecule has 10 nitrogen and oxygen atoms in total. The first-order valence-corrected chi connectivity index (χ1v) is 16.8. The second-order valence-electron chi connectivity index (χ2n) is 12.3. The summed E-state index contributed by atoms with van der Waals surface area (Å²) in [5, 5.41) is 5.91. The summed E-state index contributed by atoms with van der Waals surface area (Å²) >= 11 is 13.0. The number of likely N-dealkylation sites (tertiary alicyclic amines) is 1. The number of amides is 3. The van der Waals surface area contributed by atoms with E-state index in [-0.39, 0.29) is 12.5 Å². The van der Waals surface area contributed by atoms with Crippen molar-refractivity contribution in [3.8, 4) is 23.1 Å². The van der Waals surface area contributed by atoms with Crippen LogP contribution in [-0.2, 0) is 33.8 Å². The second kappa shape index (κ2) is 14.5. The zero-order chi connectivity index (χ0) is 33.1. The average Bonchev–Trinajstić information content (AvgIpc) is 3.74. The number of benzene rings is 2. The largest absolute Gasteiger partial charge is 0.379 e. The number of morpholine rings is 1. The summed E-state index contributed by atoms with van der Waals surface area (Å²) in [7, 11) is 0. The molecule has 0 aliphatic carbocycles. The van der Waals surface area contributed by atoms with Crippen LogP contribution in [0.3, 0.4) is 0 Å². The maximum atomic E-state index is 13.0. The number of aryl methyl sites for hydroxylation is 1. The Labute approximate surface area is 284 Å². The van der Waals surface area contributed by atoms with E-state index >= 15 is 0 Å². The summed E-state index contributed by atoms with van der Waals surface area (Å²) in [4.78, 5) is 43.1. The SMILES string of the molecule is C[C@H]1COCCN1CCCn1nc(-c2ccc(Cl)c(C#Cc3ccc(Cl)c(C(=O)N4CCCC4)c3)c2)c2c1CCN(C(=O)C(N)=O)C2. The molecule has 0 saturated carbocycles. The molecule has 1 atom stereocenters. The number of ether oxygens (including phenoxy) is 1. The maximum Gasteiger partial charge on any atom is 0.311 e. The number of halogens is 2. The first kappa shape index (κ1) is 33.0. The van der Waals surface area contributed by atoms with Gasteiger partial charge in [0.1, 0.15) is 0 Å². The lowest BCUT2D eigenvalue weighted by Gasteiger charge is -2.33. The van der Waals surface area contributed by atoms with E-state index in [4.69, 9.17) is 38.8 Å². The highest BCUT2D eigenvalue weighted by Crippen LogP contribution is 2.32. The second-order valence-corrected chi connectivity index (χ2v) is 13.1. The molecule has 47 heavy (non-hydrogen) atoms. The Morgan fingerprint density at radius 3 is 2.53 bits per heavy atom. The predicted molar refractivity (Wildman–Crippen MR) is 180 cm³/mol. The van der Waals surface area contributed by atoms with Gasteiger partial charge in [0.25, 0.3) is 5.91 Å². The number of carbonyl (C=O) groups excluding carboxylic acids is 3. The third kappa shape index (κ3) is 7.34. The molecular weight excluding hydrogens is 639 g/mol. The van der Waals surface area contributed by atoms with Gasteiger partial charge in [0.2, 0.25) is 0 Å². The van der Waals surface area contributed by atoms with E-state index in [2.05, 4.69) is 23.7 Å². The lowest BCUT2D eigenvalue weighted by Crippen LogP contribution is -2.44. The van der Waals surface area contributed by atoms with Crippen LogP contribution in [-0.4, -0.2) is 94.2 Å². The smallest absolute Gasteiger partial charge is 0.311 e. The molecular formula is C35H38Cl2N6O4. The Balaban J connectivity index is 1.28. The van der Waals surface area contributed by atoms with Crippen molar-refractivity contribution in [2.24, 2.45) is 5.73 Å². The highest BCUT2D eigenvalue weighted by molar-refractivity contribution is 6.34. The van der Waals surface area contributed by atoms with E-state index in [1.807, 2.05) is 21.7 Å². The van der Waals surface area contributed by atoms with Gasteiger partial charge in [-0.15, -0.1) is 0 Å². The van der Waals surface area contributed by atoms with E-state index in [9.17, 15) is 14.4 Å². The van der Waals surface area contributed by atoms with Crippen LogP contribution in [0.5, 0.6) is 0 Å². The van der Waals surface area contributed by atoms with Crippen molar-refractivity contribution in [3.63, 3.8) is 0 Å². The normalized spacial score (nSPS) is 18.1. The number of carbonyl (C=O) groups is 3. The molecule has 2 N–H and O–H groups in total. The molecule has 3 aliphatic heterocycles. The number of fused-ring (bicyclic) bond motifs is 1. The minimum Gasteiger partial charge on any atom is -0.379 e. The Hall–Kier alpha value is -3.88. The maximum absolute atomic E-state index is 13.0. The molecule has 0 spiro atoms. The molecule has 1 aromatic heterocycles. The molecule has 0 bridgehead atoms. The van der Waals surface area contributed by atoms with E-state index in [1.165, 1.54) is 4.90 Å². The summed E-state index contributed by atoms with van der Waals surface area (Å²) in [5.74, 6) is 4.56. The number of hydrogen-bond acceptors (Lipinski definition) is 6. The molecule has 3 aromatic rings. The van der Waals surface area contributed by atoms with Crippen molar-refractivity contribution in [1.82, 2.24) is 24.5 Å². The summed E-state index contributed by atoms with van der Waals surface area (Å²) in [6, 6.07) is 11.1. The molecule has 0 unspecified atom stereocenters. The van der Waals surface area contributed by atoms with Gasteiger partial charge in [-0.1, -0.05) is 41.1 Å². The van der Waals surface area contributed by atoms with Crippen LogP contribution < -0.4 is 5.73 Å². The molecule has 2 saturated heterocycles. The van der Waals surface area contributed by atoms with Gasteiger partial charge in [0, 0.05) is 79.7 Å². The van der Waals surface area contributed by atoms with Gasteiger partial charge in [0.05, 0.1) is 41.1 Å². The van der Waals surface area contributed by atoms with Crippen molar-refractivity contribution < 1.29 is 19.1 Å². The summed E-state index contributed by atoms with van der Waals surface area (Å²) in [6.07, 6.45) is 3.45. The molecule has 12 heteroatoms. The van der Waals surface area contributed by atoms with Crippen LogP contribution >= 0.6 is 23.2 Å². The van der Waals surface area contributed by atoms with Crippen molar-refractivity contribution >= 4 is 40.9 Å². The standard InChI is InChI=1S/C35H38Cl2N6O4/c1-23-22-47-18-17-40(23)14-4-15-43-31-11-16-42(35(46)33(38)44)21-28(31)32(39-43)26-8-10-29(36)25(20-26)7-5-24-6-9-30(37)27(19-24)34(45)41-12-2-3-13-41/h6,8-10,19-20,23H,2-4,11-18,21-22H2,1H3,(H2,38,44)/t23-/m0/s1. The van der Waals surface area contributed by atoms with Crippen molar-refractivity contribution in [1.29, 1.82) is 0 Å². The highest BCUT2D eigenvalue weighted by atomic mass is 35.5. The van der Waals surface area contributed by atoms with E-state index in [0.717, 1.165) is 75.5 Å². The first-order chi connectivity index (χ1) is 22.7. The van der Waals surface area contributed by atoms with Gasteiger partial charge in [-0.3, -0.25) is 24.0 Å². The molecule has 2 aromatic carbocycles. The molecule has 2 fully saturated rings. The summed E-state index contributed by atoms with van der Waals surface area (Å²) in [5.41, 5.74) is 10.5. The molecule has 6 rings (SSSR count). The molecule has 3 aliphatic rings. The third-order valence-corrected chi connectivity index (χ3v) is 9.78. The van der Waals surface area contributed by atoms with E-state index in [1.54, 1.807) is 24.3 Å². The van der Waals surface area contributed by atoms with Crippen molar-refractivity contribution in [2.75, 3.05) is 45.9 Å².